The minimum atomic E-state index is -1.60. The number of aromatic amines is 1. The van der Waals surface area contributed by atoms with Gasteiger partial charge in [0.2, 0.25) is 0 Å². The van der Waals surface area contributed by atoms with Crippen LogP contribution in [-0.4, -0.2) is 39.5 Å². The number of fused-ring (bicyclic) bond motifs is 5. The number of nitrogens with zero attached hydrogens (tertiary/aromatic N) is 2. The first-order chi connectivity index (χ1) is 13.2. The Morgan fingerprint density at radius 2 is 1.96 bits per heavy atom. The molecule has 0 fully saturated rings. The highest BCUT2D eigenvalue weighted by Gasteiger charge is 2.26. The maximum atomic E-state index is 9.71. The smallest absolute Gasteiger partial charge is 0.492 e. The van der Waals surface area contributed by atoms with Crippen LogP contribution >= 0.6 is 0 Å². The third-order valence-electron chi connectivity index (χ3n) is 5.42. The van der Waals surface area contributed by atoms with Gasteiger partial charge >= 0.3 is 7.12 Å². The number of para-hydroxylation sites is 1. The van der Waals surface area contributed by atoms with Crippen LogP contribution in [0.15, 0.2) is 36.5 Å². The highest BCUT2D eigenvalue weighted by molar-refractivity contribution is 6.60. The predicted octanol–water partition coefficient (Wildman–Crippen LogP) is 1.96. The van der Waals surface area contributed by atoms with Crippen molar-refractivity contribution in [3.05, 3.63) is 47.7 Å². The second-order valence-corrected chi connectivity index (χ2v) is 6.86. The standard InChI is InChI=1S/C20H18BN3O3/c1-27-20-13(6-3-7-15(20)21(25)26)19-12-5-2-4-11(12)18-14-10-22-24-16(14)8-9-17(18)23-19/h3,6-10,25-26H,2,4-5H2,1H3,(H,22,24). The first-order valence-electron chi connectivity index (χ1n) is 9.00. The van der Waals surface area contributed by atoms with Crippen LogP contribution in [0.5, 0.6) is 5.75 Å². The van der Waals surface area contributed by atoms with Gasteiger partial charge in [-0.1, -0.05) is 12.1 Å². The molecule has 0 aliphatic heterocycles. The largest absolute Gasteiger partial charge is 0.496 e. The van der Waals surface area contributed by atoms with Crippen LogP contribution < -0.4 is 10.2 Å². The Morgan fingerprint density at radius 1 is 1.11 bits per heavy atom. The molecule has 0 spiro atoms. The van der Waals surface area contributed by atoms with Gasteiger partial charge in [0.15, 0.2) is 0 Å². The van der Waals surface area contributed by atoms with E-state index in [1.54, 1.807) is 19.2 Å². The van der Waals surface area contributed by atoms with Gasteiger partial charge in [0, 0.05) is 21.8 Å². The van der Waals surface area contributed by atoms with Crippen LogP contribution in [0.3, 0.4) is 0 Å². The Labute approximate surface area is 156 Å². The lowest BCUT2D eigenvalue weighted by Crippen LogP contribution is -2.31. The summed E-state index contributed by atoms with van der Waals surface area (Å²) in [4.78, 5) is 4.97. The molecule has 4 aromatic rings. The van der Waals surface area contributed by atoms with E-state index in [1.165, 1.54) is 11.1 Å². The molecule has 5 rings (SSSR count). The molecule has 0 unspecified atom stereocenters. The Kier molecular flexibility index (Phi) is 3.67. The Balaban J connectivity index is 1.86. The van der Waals surface area contributed by atoms with Crippen LogP contribution in [-0.2, 0) is 12.8 Å². The third-order valence-corrected chi connectivity index (χ3v) is 5.42. The maximum Gasteiger partial charge on any atom is 0.492 e. The van der Waals surface area contributed by atoms with E-state index >= 15 is 0 Å². The fraction of sp³-hybridized carbons (Fsp3) is 0.200. The van der Waals surface area contributed by atoms with E-state index < -0.39 is 7.12 Å². The zero-order chi connectivity index (χ0) is 18.5. The van der Waals surface area contributed by atoms with E-state index in [4.69, 9.17) is 9.72 Å². The molecule has 2 aromatic carbocycles. The van der Waals surface area contributed by atoms with Gasteiger partial charge in [-0.15, -0.1) is 0 Å². The SMILES string of the molecule is COc1c(B(O)O)cccc1-c1nc2ccc3[nH]ncc3c2c2c1CCC2. The molecular formula is C20H18BN3O3. The van der Waals surface area contributed by atoms with Gasteiger partial charge in [0.1, 0.15) is 5.75 Å². The van der Waals surface area contributed by atoms with Crippen LogP contribution in [0.4, 0.5) is 0 Å². The Morgan fingerprint density at radius 3 is 2.78 bits per heavy atom. The molecule has 2 aromatic heterocycles. The number of aryl methyl sites for hydroxylation is 1. The van der Waals surface area contributed by atoms with Crippen molar-refractivity contribution in [1.29, 1.82) is 0 Å². The van der Waals surface area contributed by atoms with E-state index in [9.17, 15) is 10.0 Å². The fourth-order valence-corrected chi connectivity index (χ4v) is 4.28. The highest BCUT2D eigenvalue weighted by atomic mass is 16.5. The summed E-state index contributed by atoms with van der Waals surface area (Å²) in [6.07, 6.45) is 4.87. The molecule has 2 heterocycles. The summed E-state index contributed by atoms with van der Waals surface area (Å²) in [5, 5.41) is 28.9. The van der Waals surface area contributed by atoms with Crippen LogP contribution in [0.25, 0.3) is 33.1 Å². The van der Waals surface area contributed by atoms with Gasteiger partial charge < -0.3 is 14.8 Å². The van der Waals surface area contributed by atoms with Gasteiger partial charge in [-0.25, -0.2) is 4.98 Å². The molecule has 6 nitrogen and oxygen atoms in total. The van der Waals surface area contributed by atoms with E-state index in [1.807, 2.05) is 24.4 Å². The van der Waals surface area contributed by atoms with E-state index in [2.05, 4.69) is 10.2 Å². The van der Waals surface area contributed by atoms with Crippen LogP contribution in [0.2, 0.25) is 0 Å². The summed E-state index contributed by atoms with van der Waals surface area (Å²) in [6, 6.07) is 9.39. The lowest BCUT2D eigenvalue weighted by molar-refractivity contribution is 0.404. The molecule has 0 amide bonds. The first kappa shape index (κ1) is 16.3. The number of hydrogen-bond acceptors (Lipinski definition) is 5. The molecule has 7 heteroatoms. The Bertz CT molecular complexity index is 1190. The molecule has 0 bridgehead atoms. The molecule has 0 atom stereocenters. The number of ether oxygens (including phenoxy) is 1. The minimum Gasteiger partial charge on any atom is -0.496 e. The minimum absolute atomic E-state index is 0.342. The normalized spacial score (nSPS) is 13.3. The van der Waals surface area contributed by atoms with Crippen molar-refractivity contribution in [1.82, 2.24) is 15.2 Å². The van der Waals surface area contributed by atoms with Crippen molar-refractivity contribution in [3.8, 4) is 17.0 Å². The number of methoxy groups -OCH3 is 1. The van der Waals surface area contributed by atoms with E-state index in [-0.39, 0.29) is 0 Å². The van der Waals surface area contributed by atoms with Gasteiger partial charge in [-0.05, 0) is 48.6 Å². The van der Waals surface area contributed by atoms with E-state index in [0.717, 1.165) is 52.3 Å². The summed E-state index contributed by atoms with van der Waals surface area (Å²) >= 11 is 0. The molecule has 1 aliphatic carbocycles. The predicted molar refractivity (Wildman–Crippen MR) is 105 cm³/mol. The van der Waals surface area contributed by atoms with Crippen molar-refractivity contribution < 1.29 is 14.8 Å². The third kappa shape index (κ3) is 2.36. The second-order valence-electron chi connectivity index (χ2n) is 6.86. The van der Waals surface area contributed by atoms with Crippen molar-refractivity contribution in [2.45, 2.75) is 19.3 Å². The zero-order valence-corrected chi connectivity index (χ0v) is 14.9. The molecule has 27 heavy (non-hydrogen) atoms. The number of hydrogen-bond donors (Lipinski definition) is 3. The highest BCUT2D eigenvalue weighted by Crippen LogP contribution is 2.40. The Hall–Kier alpha value is -2.90. The van der Waals surface area contributed by atoms with E-state index in [0.29, 0.717) is 11.2 Å². The summed E-state index contributed by atoms with van der Waals surface area (Å²) in [5.41, 5.74) is 6.42. The van der Waals surface area contributed by atoms with Crippen molar-refractivity contribution in [2.75, 3.05) is 7.11 Å². The molecule has 0 saturated carbocycles. The number of pyridine rings is 1. The topological polar surface area (TPSA) is 91.3 Å². The summed E-state index contributed by atoms with van der Waals surface area (Å²) in [6.45, 7) is 0. The van der Waals surface area contributed by atoms with Crippen molar-refractivity contribution in [3.63, 3.8) is 0 Å². The van der Waals surface area contributed by atoms with Crippen molar-refractivity contribution >= 4 is 34.4 Å². The van der Waals surface area contributed by atoms with Gasteiger partial charge in [-0.3, -0.25) is 5.10 Å². The molecular weight excluding hydrogens is 341 g/mol. The molecule has 0 saturated heterocycles. The number of rotatable bonds is 3. The molecule has 134 valence electrons. The van der Waals surface area contributed by atoms with Crippen LogP contribution in [0, 0.1) is 0 Å². The lowest BCUT2D eigenvalue weighted by Gasteiger charge is -2.17. The molecule has 1 aliphatic rings. The fourth-order valence-electron chi connectivity index (χ4n) is 4.28. The summed E-state index contributed by atoms with van der Waals surface area (Å²) in [7, 11) is -0.0555. The van der Waals surface area contributed by atoms with Crippen molar-refractivity contribution in [2.24, 2.45) is 0 Å². The van der Waals surface area contributed by atoms with Gasteiger partial charge in [0.05, 0.1) is 30.0 Å². The maximum absolute atomic E-state index is 9.71. The monoisotopic (exact) mass is 359 g/mol. The summed E-state index contributed by atoms with van der Waals surface area (Å²) in [5.74, 6) is 0.456. The van der Waals surface area contributed by atoms with Gasteiger partial charge in [0.25, 0.3) is 0 Å². The van der Waals surface area contributed by atoms with Crippen LogP contribution in [0.1, 0.15) is 17.5 Å². The average molecular weight is 359 g/mol. The number of aromatic nitrogens is 3. The number of nitrogens with one attached hydrogen (secondary N) is 1. The molecule has 0 radical (unpaired) electrons. The number of H-pyrrole nitrogens is 1. The zero-order valence-electron chi connectivity index (χ0n) is 14.9. The summed E-state index contributed by atoms with van der Waals surface area (Å²) < 4.78 is 5.55. The average Bonchev–Trinajstić information content (AvgIpc) is 3.35. The molecule has 3 N–H and O–H groups in total. The quantitative estimate of drug-likeness (QED) is 0.487. The number of benzene rings is 2. The lowest BCUT2D eigenvalue weighted by atomic mass is 9.78. The second kappa shape index (κ2) is 6.08. The first-order valence-corrected chi connectivity index (χ1v) is 9.00. The van der Waals surface area contributed by atoms with Gasteiger partial charge in [-0.2, -0.15) is 5.10 Å².